The van der Waals surface area contributed by atoms with E-state index in [4.69, 9.17) is 20.5 Å². The van der Waals surface area contributed by atoms with Gasteiger partial charge in [-0.1, -0.05) is 12.1 Å². The number of nitrogen functional groups attached to an aromatic ring is 1. The van der Waals surface area contributed by atoms with Gasteiger partial charge in [-0.25, -0.2) is 4.79 Å². The number of ether oxygens (including phenoxy) is 2. The lowest BCUT2D eigenvalue weighted by Crippen LogP contribution is -2.11. The Hall–Kier alpha value is -4.23. The molecule has 0 bridgehead atoms. The van der Waals surface area contributed by atoms with Gasteiger partial charge < -0.3 is 19.8 Å². The lowest BCUT2D eigenvalue weighted by molar-refractivity contribution is 0.0593. The van der Waals surface area contributed by atoms with Crippen LogP contribution in [0.5, 0.6) is 11.5 Å². The fourth-order valence-corrected chi connectivity index (χ4v) is 2.57. The molecule has 132 valence electrons. The third-order valence-corrected chi connectivity index (χ3v) is 3.88. The first-order valence-corrected chi connectivity index (χ1v) is 7.85. The van der Waals surface area contributed by atoms with Gasteiger partial charge >= 0.3 is 5.97 Å². The standard InChI is InChI=1S/C20H14N4O3/c1-26-20(25)19-18(23)14(11-22)12-24(19)16-4-2-3-5-17(16)27-15-8-6-13(10-21)7-9-15/h2-9,12H,23H2,1H3. The number of methoxy groups -OCH3 is 1. The topological polar surface area (TPSA) is 114 Å². The Morgan fingerprint density at radius 2 is 1.78 bits per heavy atom. The number of carbonyl (C=O) groups is 1. The molecule has 1 aromatic heterocycles. The van der Waals surface area contributed by atoms with Crippen molar-refractivity contribution in [2.24, 2.45) is 0 Å². The summed E-state index contributed by atoms with van der Waals surface area (Å²) in [5.74, 6) is 0.288. The van der Waals surface area contributed by atoms with Gasteiger partial charge in [-0.2, -0.15) is 10.5 Å². The molecule has 0 spiro atoms. The second kappa shape index (κ2) is 7.34. The molecule has 3 aromatic rings. The van der Waals surface area contributed by atoms with Gasteiger partial charge in [0, 0.05) is 6.20 Å². The summed E-state index contributed by atoms with van der Waals surface area (Å²) < 4.78 is 12.2. The molecule has 2 aromatic carbocycles. The molecule has 3 rings (SSSR count). The average molecular weight is 358 g/mol. The summed E-state index contributed by atoms with van der Waals surface area (Å²) in [6, 6.07) is 17.6. The molecular weight excluding hydrogens is 344 g/mol. The number of rotatable bonds is 4. The van der Waals surface area contributed by atoms with Gasteiger partial charge in [-0.15, -0.1) is 0 Å². The first-order valence-electron chi connectivity index (χ1n) is 7.85. The molecule has 0 saturated carbocycles. The molecule has 2 N–H and O–H groups in total. The van der Waals surface area contributed by atoms with Crippen LogP contribution in [-0.2, 0) is 4.74 Å². The predicted molar refractivity (Wildman–Crippen MR) is 97.5 cm³/mol. The summed E-state index contributed by atoms with van der Waals surface area (Å²) in [7, 11) is 1.24. The van der Waals surface area contributed by atoms with Crippen molar-refractivity contribution in [1.29, 1.82) is 10.5 Å². The van der Waals surface area contributed by atoms with Gasteiger partial charge in [0.05, 0.1) is 35.7 Å². The minimum absolute atomic E-state index is 0.0394. The van der Waals surface area contributed by atoms with Crippen molar-refractivity contribution in [2.75, 3.05) is 12.8 Å². The molecule has 0 aliphatic heterocycles. The second-order valence-electron chi connectivity index (χ2n) is 5.48. The number of carbonyl (C=O) groups excluding carboxylic acids is 1. The fourth-order valence-electron chi connectivity index (χ4n) is 2.57. The van der Waals surface area contributed by atoms with Crippen molar-refractivity contribution in [1.82, 2.24) is 4.57 Å². The minimum atomic E-state index is -0.665. The predicted octanol–water partition coefficient (Wildman–Crippen LogP) is 3.38. The van der Waals surface area contributed by atoms with E-state index in [0.717, 1.165) is 0 Å². The number of hydrogen-bond acceptors (Lipinski definition) is 6. The number of benzene rings is 2. The van der Waals surface area contributed by atoms with E-state index in [1.165, 1.54) is 17.9 Å². The number of hydrogen-bond donors (Lipinski definition) is 1. The lowest BCUT2D eigenvalue weighted by atomic mass is 10.2. The number of anilines is 1. The Bertz CT molecular complexity index is 1090. The average Bonchev–Trinajstić information content (AvgIpc) is 3.04. The molecule has 7 nitrogen and oxygen atoms in total. The van der Waals surface area contributed by atoms with Crippen LogP contribution in [0, 0.1) is 22.7 Å². The van der Waals surface area contributed by atoms with Crippen LogP contribution in [0.3, 0.4) is 0 Å². The number of aromatic nitrogens is 1. The molecular formula is C20H14N4O3. The van der Waals surface area contributed by atoms with Gasteiger partial charge in [0.2, 0.25) is 0 Å². The van der Waals surface area contributed by atoms with Crippen LogP contribution in [0.15, 0.2) is 54.7 Å². The third-order valence-electron chi connectivity index (χ3n) is 3.88. The summed E-state index contributed by atoms with van der Waals surface area (Å²) in [6.45, 7) is 0. The maximum atomic E-state index is 12.2. The Morgan fingerprint density at radius 1 is 1.07 bits per heavy atom. The molecule has 0 atom stereocenters. The monoisotopic (exact) mass is 358 g/mol. The van der Waals surface area contributed by atoms with Crippen LogP contribution in [0.2, 0.25) is 0 Å². The van der Waals surface area contributed by atoms with Crippen LogP contribution in [0.1, 0.15) is 21.6 Å². The van der Waals surface area contributed by atoms with Gasteiger partial charge in [-0.3, -0.25) is 0 Å². The molecule has 7 heteroatoms. The highest BCUT2D eigenvalue weighted by atomic mass is 16.5. The highest BCUT2D eigenvalue weighted by molar-refractivity contribution is 5.96. The van der Waals surface area contributed by atoms with Crippen LogP contribution >= 0.6 is 0 Å². The zero-order valence-electron chi connectivity index (χ0n) is 14.3. The molecule has 0 fully saturated rings. The third kappa shape index (κ3) is 3.30. The SMILES string of the molecule is COC(=O)c1c(N)c(C#N)cn1-c1ccccc1Oc1ccc(C#N)cc1. The highest BCUT2D eigenvalue weighted by Crippen LogP contribution is 2.32. The summed E-state index contributed by atoms with van der Waals surface area (Å²) in [6.07, 6.45) is 1.46. The highest BCUT2D eigenvalue weighted by Gasteiger charge is 2.23. The molecule has 0 radical (unpaired) electrons. The van der Waals surface area contributed by atoms with Crippen LogP contribution in [0.25, 0.3) is 5.69 Å². The van der Waals surface area contributed by atoms with E-state index in [2.05, 4.69) is 0 Å². The van der Waals surface area contributed by atoms with E-state index in [9.17, 15) is 10.1 Å². The molecule has 0 amide bonds. The van der Waals surface area contributed by atoms with E-state index < -0.39 is 5.97 Å². The molecule has 1 heterocycles. The maximum absolute atomic E-state index is 12.2. The summed E-state index contributed by atoms with van der Waals surface area (Å²) >= 11 is 0. The molecule has 0 aliphatic rings. The van der Waals surface area contributed by atoms with Gasteiger partial charge in [0.15, 0.2) is 11.4 Å². The van der Waals surface area contributed by atoms with E-state index in [-0.39, 0.29) is 16.9 Å². The Kier molecular flexibility index (Phi) is 4.78. The number of nitrogens with two attached hydrogens (primary N) is 1. The lowest BCUT2D eigenvalue weighted by Gasteiger charge is -2.14. The largest absolute Gasteiger partial charge is 0.464 e. The number of esters is 1. The van der Waals surface area contributed by atoms with E-state index >= 15 is 0 Å². The first kappa shape index (κ1) is 17.6. The molecule has 0 aliphatic carbocycles. The van der Waals surface area contributed by atoms with Gasteiger partial charge in [0.25, 0.3) is 0 Å². The number of nitrogens with zero attached hydrogens (tertiary/aromatic N) is 3. The molecule has 0 unspecified atom stereocenters. The normalized spacial score (nSPS) is 9.89. The first-order chi connectivity index (χ1) is 13.1. The Labute approximate surface area is 155 Å². The minimum Gasteiger partial charge on any atom is -0.464 e. The van der Waals surface area contributed by atoms with Gasteiger partial charge in [-0.05, 0) is 36.4 Å². The van der Waals surface area contributed by atoms with Crippen LogP contribution < -0.4 is 10.5 Å². The smallest absolute Gasteiger partial charge is 0.357 e. The van der Waals surface area contributed by atoms with Gasteiger partial charge in [0.1, 0.15) is 11.8 Å². The van der Waals surface area contributed by atoms with E-state index in [1.807, 2.05) is 12.1 Å². The Balaban J connectivity index is 2.10. The van der Waals surface area contributed by atoms with Crippen molar-refractivity contribution in [3.05, 3.63) is 71.5 Å². The summed E-state index contributed by atoms with van der Waals surface area (Å²) in [5.41, 5.74) is 7.21. The quantitative estimate of drug-likeness (QED) is 0.715. The molecule has 27 heavy (non-hydrogen) atoms. The zero-order chi connectivity index (χ0) is 19.4. The number of nitriles is 2. The van der Waals surface area contributed by atoms with E-state index in [0.29, 0.717) is 22.7 Å². The zero-order valence-corrected chi connectivity index (χ0v) is 14.3. The van der Waals surface area contributed by atoms with E-state index in [1.54, 1.807) is 48.5 Å². The maximum Gasteiger partial charge on any atom is 0.357 e. The van der Waals surface area contributed by atoms with Crippen LogP contribution in [0.4, 0.5) is 5.69 Å². The Morgan fingerprint density at radius 3 is 2.41 bits per heavy atom. The fraction of sp³-hybridized carbons (Fsp3) is 0.0500. The van der Waals surface area contributed by atoms with Crippen LogP contribution in [-0.4, -0.2) is 17.6 Å². The number of para-hydroxylation sites is 2. The van der Waals surface area contributed by atoms with Crippen molar-refractivity contribution < 1.29 is 14.3 Å². The molecule has 0 saturated heterocycles. The summed E-state index contributed by atoms with van der Waals surface area (Å²) in [5, 5.41) is 18.2. The van der Waals surface area contributed by atoms with Crippen molar-refractivity contribution >= 4 is 11.7 Å². The summed E-state index contributed by atoms with van der Waals surface area (Å²) in [4.78, 5) is 12.2. The second-order valence-corrected chi connectivity index (χ2v) is 5.48. The van der Waals surface area contributed by atoms with Crippen molar-refractivity contribution in [3.8, 4) is 29.3 Å². The van der Waals surface area contributed by atoms with Crippen molar-refractivity contribution in [3.63, 3.8) is 0 Å². The van der Waals surface area contributed by atoms with Crippen molar-refractivity contribution in [2.45, 2.75) is 0 Å².